The fourth-order valence-corrected chi connectivity index (χ4v) is 3.66. The first kappa shape index (κ1) is 22.0. The number of aryl methyl sites for hydroxylation is 2. The van der Waals surface area contributed by atoms with Crippen molar-refractivity contribution in [3.05, 3.63) is 114 Å². The van der Waals surface area contributed by atoms with Crippen molar-refractivity contribution in [1.29, 1.82) is 0 Å². The van der Waals surface area contributed by atoms with Gasteiger partial charge in [0.05, 0.1) is 17.1 Å². The molecule has 1 heterocycles. The third-order valence-corrected chi connectivity index (χ3v) is 5.36. The van der Waals surface area contributed by atoms with Gasteiger partial charge in [0, 0.05) is 17.1 Å². The average Bonchev–Trinajstić information content (AvgIpc) is 3.17. The number of amides is 1. The first-order chi connectivity index (χ1) is 15.9. The summed E-state index contributed by atoms with van der Waals surface area (Å²) in [4.78, 5) is 19.6. The van der Waals surface area contributed by atoms with Crippen LogP contribution in [0.4, 0.5) is 20.6 Å². The van der Waals surface area contributed by atoms with Crippen LogP contribution in [-0.2, 0) is 4.84 Å². The molecule has 0 atom stereocenters. The molecule has 6 heteroatoms. The Kier molecular flexibility index (Phi) is 6.36. The van der Waals surface area contributed by atoms with E-state index in [2.05, 4.69) is 35.7 Å². The van der Waals surface area contributed by atoms with E-state index < -0.39 is 6.09 Å². The molecule has 166 valence electrons. The summed E-state index contributed by atoms with van der Waals surface area (Å²) in [5, 5.41) is 4.06. The maximum atomic E-state index is 13.4. The second-order valence-corrected chi connectivity index (χ2v) is 7.68. The van der Waals surface area contributed by atoms with Gasteiger partial charge in [-0.05, 0) is 87.0 Å². The number of anilines is 2. The van der Waals surface area contributed by atoms with Crippen LogP contribution in [0.5, 0.6) is 0 Å². The summed E-state index contributed by atoms with van der Waals surface area (Å²) < 4.78 is 15.6. The maximum absolute atomic E-state index is 13.4. The van der Waals surface area contributed by atoms with Gasteiger partial charge in [0.1, 0.15) is 5.82 Å². The molecule has 0 radical (unpaired) electrons. The molecule has 4 aromatic rings. The molecule has 3 aromatic carbocycles. The third kappa shape index (κ3) is 4.85. The fraction of sp³-hybridized carbons (Fsp3) is 0.111. The number of rotatable bonds is 5. The summed E-state index contributed by atoms with van der Waals surface area (Å²) in [5.74, 6) is -0.386. The highest BCUT2D eigenvalue weighted by Gasteiger charge is 2.20. The minimum absolute atomic E-state index is 0.386. The number of nitrogens with zero attached hydrogens (tertiary/aromatic N) is 3. The van der Waals surface area contributed by atoms with Crippen molar-refractivity contribution >= 4 is 23.2 Å². The molecule has 4 rings (SSSR count). The lowest BCUT2D eigenvalue weighted by molar-refractivity contribution is 0.161. The van der Waals surface area contributed by atoms with Crippen molar-refractivity contribution in [2.24, 2.45) is 5.16 Å². The van der Waals surface area contributed by atoms with Gasteiger partial charge in [-0.25, -0.2) is 14.1 Å². The molecular weight excluding hydrogens is 417 g/mol. The highest BCUT2D eigenvalue weighted by Crippen LogP contribution is 2.26. The second kappa shape index (κ2) is 9.53. The molecule has 0 saturated heterocycles. The van der Waals surface area contributed by atoms with Crippen LogP contribution in [0.2, 0.25) is 0 Å². The molecule has 0 aliphatic carbocycles. The number of hydrogen-bond donors (Lipinski definition) is 0. The van der Waals surface area contributed by atoms with Crippen molar-refractivity contribution in [3.63, 3.8) is 0 Å². The quantitative estimate of drug-likeness (QED) is 0.191. The Balaban J connectivity index is 1.55. The lowest BCUT2D eigenvalue weighted by Gasteiger charge is -2.20. The van der Waals surface area contributed by atoms with Crippen molar-refractivity contribution in [2.45, 2.75) is 20.8 Å². The highest BCUT2D eigenvalue weighted by molar-refractivity contribution is 6.00. The average molecular weight is 442 g/mol. The van der Waals surface area contributed by atoms with Crippen LogP contribution in [0, 0.1) is 19.7 Å². The predicted octanol–water partition coefficient (Wildman–Crippen LogP) is 6.93. The Labute approximate surface area is 192 Å². The molecule has 5 nitrogen and oxygen atoms in total. The number of hydrogen-bond acceptors (Lipinski definition) is 3. The SMILES string of the molecule is CC(=NOC(=O)N(c1ccccc1)c1ccc(F)cc1)c1ccc(-n2c(C)ccc2C)cc1. The number of carbonyl (C=O) groups excluding carboxylic acids is 1. The van der Waals surface area contributed by atoms with Gasteiger partial charge in [0.15, 0.2) is 0 Å². The van der Waals surface area contributed by atoms with E-state index in [4.69, 9.17) is 4.84 Å². The lowest BCUT2D eigenvalue weighted by atomic mass is 10.1. The Hall–Kier alpha value is -4.19. The summed E-state index contributed by atoms with van der Waals surface area (Å²) in [6.45, 7) is 5.90. The van der Waals surface area contributed by atoms with Crippen LogP contribution < -0.4 is 4.90 Å². The summed E-state index contributed by atoms with van der Waals surface area (Å²) >= 11 is 0. The summed E-state index contributed by atoms with van der Waals surface area (Å²) in [6.07, 6.45) is -0.692. The second-order valence-electron chi connectivity index (χ2n) is 7.68. The minimum Gasteiger partial charge on any atom is -0.319 e. The molecule has 0 N–H and O–H groups in total. The minimum atomic E-state index is -0.692. The van der Waals surface area contributed by atoms with Gasteiger partial charge in [-0.15, -0.1) is 0 Å². The van der Waals surface area contributed by atoms with Crippen LogP contribution in [0.3, 0.4) is 0 Å². The summed E-state index contributed by atoms with van der Waals surface area (Å²) in [5.41, 5.74) is 5.81. The van der Waals surface area contributed by atoms with Gasteiger partial charge in [-0.3, -0.25) is 4.84 Å². The van der Waals surface area contributed by atoms with E-state index in [1.54, 1.807) is 19.1 Å². The molecule has 33 heavy (non-hydrogen) atoms. The van der Waals surface area contributed by atoms with Gasteiger partial charge in [0.2, 0.25) is 0 Å². The standard InChI is InChI=1S/C27H24FN3O2/c1-19-9-10-20(2)30(19)25-15-11-22(12-16-25)21(3)29-33-27(32)31(24-7-5-4-6-8-24)26-17-13-23(28)14-18-26/h4-18H,1-3H3. The molecular formula is C27H24FN3O2. The first-order valence-electron chi connectivity index (χ1n) is 10.6. The first-order valence-corrected chi connectivity index (χ1v) is 10.6. The molecule has 0 spiro atoms. The Morgan fingerprint density at radius 1 is 0.818 bits per heavy atom. The third-order valence-electron chi connectivity index (χ3n) is 5.36. The normalized spacial score (nSPS) is 11.3. The summed E-state index contributed by atoms with van der Waals surface area (Å²) in [6, 6.07) is 26.7. The van der Waals surface area contributed by atoms with Crippen molar-refractivity contribution in [3.8, 4) is 5.69 Å². The fourth-order valence-electron chi connectivity index (χ4n) is 3.66. The Morgan fingerprint density at radius 2 is 1.39 bits per heavy atom. The molecule has 0 bridgehead atoms. The van der Waals surface area contributed by atoms with Crippen LogP contribution in [-0.4, -0.2) is 16.4 Å². The van der Waals surface area contributed by atoms with Gasteiger partial charge >= 0.3 is 6.09 Å². The Bertz CT molecular complexity index is 1260. The maximum Gasteiger partial charge on any atom is 0.445 e. The van der Waals surface area contributed by atoms with E-state index in [1.807, 2.05) is 42.5 Å². The molecule has 0 aliphatic rings. The van der Waals surface area contributed by atoms with Gasteiger partial charge < -0.3 is 4.57 Å². The van der Waals surface area contributed by atoms with Crippen molar-refractivity contribution < 1.29 is 14.0 Å². The Morgan fingerprint density at radius 3 is 2.00 bits per heavy atom. The zero-order valence-corrected chi connectivity index (χ0v) is 18.7. The van der Waals surface area contributed by atoms with Crippen LogP contribution in [0.15, 0.2) is 96.2 Å². The van der Waals surface area contributed by atoms with Crippen LogP contribution in [0.25, 0.3) is 5.69 Å². The topological polar surface area (TPSA) is 46.8 Å². The lowest BCUT2D eigenvalue weighted by Crippen LogP contribution is -2.25. The predicted molar refractivity (Wildman–Crippen MR) is 129 cm³/mol. The number of carbonyl (C=O) groups is 1. The zero-order valence-electron chi connectivity index (χ0n) is 18.7. The molecule has 0 unspecified atom stereocenters. The highest BCUT2D eigenvalue weighted by atomic mass is 19.1. The van der Waals surface area contributed by atoms with E-state index in [9.17, 15) is 9.18 Å². The molecule has 0 fully saturated rings. The van der Waals surface area contributed by atoms with E-state index in [-0.39, 0.29) is 5.82 Å². The van der Waals surface area contributed by atoms with E-state index in [1.165, 1.54) is 29.2 Å². The number of halogens is 1. The number of para-hydroxylation sites is 1. The number of aromatic nitrogens is 1. The molecule has 1 amide bonds. The molecule has 0 aliphatic heterocycles. The van der Waals surface area contributed by atoms with Crippen LogP contribution >= 0.6 is 0 Å². The van der Waals surface area contributed by atoms with Gasteiger partial charge in [-0.1, -0.05) is 35.5 Å². The molecule has 0 saturated carbocycles. The van der Waals surface area contributed by atoms with Gasteiger partial charge in [-0.2, -0.15) is 0 Å². The smallest absolute Gasteiger partial charge is 0.319 e. The van der Waals surface area contributed by atoms with Gasteiger partial charge in [0.25, 0.3) is 0 Å². The number of benzene rings is 3. The van der Waals surface area contributed by atoms with E-state index in [0.29, 0.717) is 17.1 Å². The van der Waals surface area contributed by atoms with E-state index in [0.717, 1.165) is 22.6 Å². The monoisotopic (exact) mass is 441 g/mol. The van der Waals surface area contributed by atoms with E-state index >= 15 is 0 Å². The largest absolute Gasteiger partial charge is 0.445 e. The summed E-state index contributed by atoms with van der Waals surface area (Å²) in [7, 11) is 0. The van der Waals surface area contributed by atoms with Crippen molar-refractivity contribution in [2.75, 3.05) is 4.90 Å². The van der Waals surface area contributed by atoms with Crippen molar-refractivity contribution in [1.82, 2.24) is 4.57 Å². The number of oxime groups is 1. The zero-order chi connectivity index (χ0) is 23.4. The molecule has 1 aromatic heterocycles. The van der Waals surface area contributed by atoms with Crippen LogP contribution in [0.1, 0.15) is 23.9 Å².